The monoisotopic (exact) mass is 446 g/mol. The average Bonchev–Trinajstić information content (AvgIpc) is 3.17. The summed E-state index contributed by atoms with van der Waals surface area (Å²) in [5.41, 5.74) is 5.82. The number of thioether (sulfide) groups is 1. The van der Waals surface area contributed by atoms with E-state index in [1.807, 2.05) is 20.1 Å². The Morgan fingerprint density at radius 3 is 2.33 bits per heavy atom. The van der Waals surface area contributed by atoms with Crippen molar-refractivity contribution in [3.8, 4) is 0 Å². The van der Waals surface area contributed by atoms with Crippen LogP contribution in [0.3, 0.4) is 0 Å². The van der Waals surface area contributed by atoms with Gasteiger partial charge in [0.25, 0.3) is 0 Å². The van der Waals surface area contributed by atoms with Crippen LogP contribution in [0.4, 0.5) is 0 Å². The molecule has 4 unspecified atom stereocenters. The number of carbonyl (C=O) groups is 4. The first-order valence-electron chi connectivity index (χ1n) is 10.1. The summed E-state index contributed by atoms with van der Waals surface area (Å²) in [5, 5.41) is 23.9. The number of rotatable bonds is 12. The Hall–Kier alpha value is -1.85. The summed E-state index contributed by atoms with van der Waals surface area (Å²) < 4.78 is 0. The van der Waals surface area contributed by atoms with Gasteiger partial charge in [-0.2, -0.15) is 11.8 Å². The molecule has 0 saturated carbocycles. The first kappa shape index (κ1) is 26.2. The van der Waals surface area contributed by atoms with Crippen LogP contribution in [0.2, 0.25) is 0 Å². The minimum atomic E-state index is -1.26. The summed E-state index contributed by atoms with van der Waals surface area (Å²) in [6, 6.07) is -3.93. The Kier molecular flexibility index (Phi) is 11.1. The van der Waals surface area contributed by atoms with Crippen LogP contribution >= 0.6 is 11.8 Å². The zero-order valence-electron chi connectivity index (χ0n) is 17.8. The Morgan fingerprint density at radius 1 is 1.17 bits per heavy atom. The first-order chi connectivity index (χ1) is 14.1. The van der Waals surface area contributed by atoms with Gasteiger partial charge in [0.05, 0.1) is 12.6 Å². The van der Waals surface area contributed by atoms with Crippen LogP contribution in [0.15, 0.2) is 0 Å². The molecule has 1 saturated heterocycles. The first-order valence-corrected chi connectivity index (χ1v) is 11.5. The summed E-state index contributed by atoms with van der Waals surface area (Å²) >= 11 is 1.48. The van der Waals surface area contributed by atoms with Crippen molar-refractivity contribution in [1.29, 1.82) is 0 Å². The zero-order chi connectivity index (χ0) is 22.8. The minimum Gasteiger partial charge on any atom is -0.480 e. The molecule has 0 spiro atoms. The maximum Gasteiger partial charge on any atom is 0.326 e. The molecule has 0 bridgehead atoms. The second-order valence-corrected chi connectivity index (χ2v) is 8.84. The van der Waals surface area contributed by atoms with Crippen LogP contribution < -0.4 is 16.4 Å². The fraction of sp³-hybridized carbons (Fsp3) is 0.789. The Labute approximate surface area is 181 Å². The number of aliphatic hydroxyl groups excluding tert-OH is 1. The summed E-state index contributed by atoms with van der Waals surface area (Å²) in [5.74, 6) is -2.07. The molecule has 30 heavy (non-hydrogen) atoms. The third-order valence-electron chi connectivity index (χ3n) is 4.92. The molecule has 0 radical (unpaired) electrons. The van der Waals surface area contributed by atoms with E-state index < -0.39 is 54.5 Å². The van der Waals surface area contributed by atoms with Crippen molar-refractivity contribution in [3.05, 3.63) is 0 Å². The zero-order valence-corrected chi connectivity index (χ0v) is 18.6. The number of carbonyl (C=O) groups excluding carboxylic acids is 3. The number of nitrogens with zero attached hydrogens (tertiary/aromatic N) is 1. The Bertz CT molecular complexity index is 618. The van der Waals surface area contributed by atoms with Gasteiger partial charge in [-0.15, -0.1) is 0 Å². The number of nitrogens with one attached hydrogen (secondary N) is 2. The minimum absolute atomic E-state index is 0.184. The van der Waals surface area contributed by atoms with Crippen LogP contribution in [0.1, 0.15) is 39.5 Å². The fourth-order valence-electron chi connectivity index (χ4n) is 3.34. The quantitative estimate of drug-likeness (QED) is 0.259. The van der Waals surface area contributed by atoms with E-state index in [0.717, 1.165) is 0 Å². The van der Waals surface area contributed by atoms with Crippen molar-refractivity contribution in [1.82, 2.24) is 15.5 Å². The van der Waals surface area contributed by atoms with Gasteiger partial charge < -0.3 is 31.5 Å². The fourth-order valence-corrected chi connectivity index (χ4v) is 3.81. The molecule has 1 fully saturated rings. The number of hydrogen-bond donors (Lipinski definition) is 5. The molecule has 0 aromatic rings. The van der Waals surface area contributed by atoms with Gasteiger partial charge in [0.2, 0.25) is 17.7 Å². The molecule has 0 aliphatic carbocycles. The molecule has 11 heteroatoms. The third kappa shape index (κ3) is 7.77. The summed E-state index contributed by atoms with van der Waals surface area (Å²) in [6.45, 7) is 3.48. The lowest BCUT2D eigenvalue weighted by atomic mass is 10.0. The lowest BCUT2D eigenvalue weighted by Crippen LogP contribution is -2.58. The predicted molar refractivity (Wildman–Crippen MR) is 114 cm³/mol. The van der Waals surface area contributed by atoms with Gasteiger partial charge in [0, 0.05) is 6.54 Å². The molecule has 10 nitrogen and oxygen atoms in total. The topological polar surface area (TPSA) is 162 Å². The van der Waals surface area contributed by atoms with E-state index in [4.69, 9.17) is 5.73 Å². The second-order valence-electron chi connectivity index (χ2n) is 7.85. The molecule has 1 aliphatic rings. The van der Waals surface area contributed by atoms with Crippen molar-refractivity contribution >= 4 is 35.5 Å². The normalized spacial score (nSPS) is 19.3. The van der Waals surface area contributed by atoms with E-state index in [1.54, 1.807) is 0 Å². The van der Waals surface area contributed by atoms with Crippen LogP contribution in [0, 0.1) is 5.92 Å². The molecule has 1 heterocycles. The largest absolute Gasteiger partial charge is 0.480 e. The number of aliphatic carboxylic acids is 1. The highest BCUT2D eigenvalue weighted by atomic mass is 32.2. The van der Waals surface area contributed by atoms with Gasteiger partial charge in [0.1, 0.15) is 18.1 Å². The number of carboxylic acids is 1. The van der Waals surface area contributed by atoms with Crippen LogP contribution in [-0.2, 0) is 19.2 Å². The van der Waals surface area contributed by atoms with Crippen molar-refractivity contribution in [2.45, 2.75) is 63.7 Å². The van der Waals surface area contributed by atoms with Gasteiger partial charge in [-0.05, 0) is 43.6 Å². The lowest BCUT2D eigenvalue weighted by molar-refractivity contribution is -0.149. The SMILES string of the molecule is CSCCC(NC(=O)C(CO)NC(=O)C(N)CC(C)C)C(=O)N1CCCC1C(=O)O. The van der Waals surface area contributed by atoms with Crippen molar-refractivity contribution in [3.63, 3.8) is 0 Å². The molecule has 6 N–H and O–H groups in total. The summed E-state index contributed by atoms with van der Waals surface area (Å²) in [4.78, 5) is 50.5. The molecule has 4 atom stereocenters. The van der Waals surface area contributed by atoms with E-state index in [-0.39, 0.29) is 5.92 Å². The third-order valence-corrected chi connectivity index (χ3v) is 5.57. The smallest absolute Gasteiger partial charge is 0.326 e. The second kappa shape index (κ2) is 12.8. The van der Waals surface area contributed by atoms with Crippen LogP contribution in [-0.4, -0.2) is 88.1 Å². The van der Waals surface area contributed by atoms with E-state index >= 15 is 0 Å². The molecule has 1 rings (SSSR count). The molecule has 172 valence electrons. The Morgan fingerprint density at radius 2 is 1.80 bits per heavy atom. The molecule has 0 aromatic heterocycles. The highest BCUT2D eigenvalue weighted by molar-refractivity contribution is 7.98. The number of likely N-dealkylation sites (tertiary alicyclic amines) is 1. The lowest BCUT2D eigenvalue weighted by Gasteiger charge is -2.28. The predicted octanol–water partition coefficient (Wildman–Crippen LogP) is -0.850. The van der Waals surface area contributed by atoms with Gasteiger partial charge >= 0.3 is 5.97 Å². The van der Waals surface area contributed by atoms with Crippen LogP contribution in [0.5, 0.6) is 0 Å². The highest BCUT2D eigenvalue weighted by Crippen LogP contribution is 2.19. The number of hydrogen-bond acceptors (Lipinski definition) is 7. The average molecular weight is 447 g/mol. The van der Waals surface area contributed by atoms with Crippen molar-refractivity contribution in [2.24, 2.45) is 11.7 Å². The number of amides is 3. The standard InChI is InChI=1S/C19H34N4O6S/c1-11(2)9-12(20)16(25)22-14(10-24)17(26)21-13(6-8-30-3)18(27)23-7-4-5-15(23)19(28)29/h11-15,24H,4-10,20H2,1-3H3,(H,21,26)(H,22,25)(H,28,29). The molecule has 1 aliphatic heterocycles. The van der Waals surface area contributed by atoms with Gasteiger partial charge in [0.15, 0.2) is 0 Å². The van der Waals surface area contributed by atoms with Gasteiger partial charge in [-0.1, -0.05) is 13.8 Å². The van der Waals surface area contributed by atoms with E-state index in [0.29, 0.717) is 38.0 Å². The highest BCUT2D eigenvalue weighted by Gasteiger charge is 2.38. The van der Waals surface area contributed by atoms with Gasteiger partial charge in [-0.25, -0.2) is 4.79 Å². The van der Waals surface area contributed by atoms with E-state index in [1.165, 1.54) is 16.7 Å². The van der Waals surface area contributed by atoms with E-state index in [9.17, 15) is 29.4 Å². The molecule has 0 aromatic carbocycles. The van der Waals surface area contributed by atoms with E-state index in [2.05, 4.69) is 10.6 Å². The Balaban J connectivity index is 2.84. The number of aliphatic hydroxyl groups is 1. The molecular weight excluding hydrogens is 412 g/mol. The summed E-state index contributed by atoms with van der Waals surface area (Å²) in [7, 11) is 0. The number of nitrogens with two attached hydrogens (primary N) is 1. The van der Waals surface area contributed by atoms with Crippen LogP contribution in [0.25, 0.3) is 0 Å². The maximum absolute atomic E-state index is 12.9. The van der Waals surface area contributed by atoms with Crippen molar-refractivity contribution in [2.75, 3.05) is 25.2 Å². The van der Waals surface area contributed by atoms with Crippen molar-refractivity contribution < 1.29 is 29.4 Å². The van der Waals surface area contributed by atoms with Gasteiger partial charge in [-0.3, -0.25) is 14.4 Å². The molecular formula is C19H34N4O6S. The molecule has 3 amide bonds. The maximum atomic E-state index is 12.9. The number of carboxylic acid groups (broad SMARTS) is 1. The summed E-state index contributed by atoms with van der Waals surface area (Å²) in [6.07, 6.45) is 3.52.